The van der Waals surface area contributed by atoms with E-state index in [1.807, 2.05) is 55.5 Å². The van der Waals surface area contributed by atoms with Gasteiger partial charge >= 0.3 is 0 Å². The predicted molar refractivity (Wildman–Crippen MR) is 102 cm³/mol. The molecule has 1 N–H and O–H groups in total. The molecule has 0 aliphatic rings. The Morgan fingerprint density at radius 2 is 1.72 bits per heavy atom. The van der Waals surface area contributed by atoms with Crippen LogP contribution >= 0.6 is 11.8 Å². The summed E-state index contributed by atoms with van der Waals surface area (Å²) in [6.07, 6.45) is 1.72. The number of hydrogen-bond acceptors (Lipinski definition) is 3. The molecular formula is C21H20N2OS. The number of pyridine rings is 1. The van der Waals surface area contributed by atoms with Crippen LogP contribution in [0.1, 0.15) is 34.5 Å². The van der Waals surface area contributed by atoms with Gasteiger partial charge in [-0.2, -0.15) is 0 Å². The van der Waals surface area contributed by atoms with Gasteiger partial charge in [0.15, 0.2) is 0 Å². The molecule has 25 heavy (non-hydrogen) atoms. The largest absolute Gasteiger partial charge is 0.345 e. The second kappa shape index (κ2) is 7.99. The fraction of sp³-hybridized carbons (Fsp3) is 0.143. The molecule has 0 aliphatic carbocycles. The van der Waals surface area contributed by atoms with Crippen LogP contribution < -0.4 is 5.32 Å². The SMILES string of the molecule is Cc1ccc(Sc2ncccc2C(=O)NC(C)c2ccccc2)cc1. The minimum atomic E-state index is -0.112. The van der Waals surface area contributed by atoms with Gasteiger partial charge in [0.05, 0.1) is 11.6 Å². The summed E-state index contributed by atoms with van der Waals surface area (Å²) in [6, 6.07) is 21.7. The third kappa shape index (κ3) is 4.48. The number of carbonyl (C=O) groups is 1. The zero-order valence-corrected chi connectivity index (χ0v) is 15.1. The molecule has 1 atom stereocenters. The van der Waals surface area contributed by atoms with Gasteiger partial charge in [-0.15, -0.1) is 0 Å². The molecule has 0 bridgehead atoms. The lowest BCUT2D eigenvalue weighted by molar-refractivity contribution is 0.0936. The summed E-state index contributed by atoms with van der Waals surface area (Å²) >= 11 is 1.50. The highest BCUT2D eigenvalue weighted by atomic mass is 32.2. The Labute approximate surface area is 152 Å². The van der Waals surface area contributed by atoms with Crippen LogP contribution in [0, 0.1) is 6.92 Å². The summed E-state index contributed by atoms with van der Waals surface area (Å²) in [5.74, 6) is -0.112. The van der Waals surface area contributed by atoms with Crippen LogP contribution in [0.4, 0.5) is 0 Å². The van der Waals surface area contributed by atoms with E-state index in [9.17, 15) is 4.79 Å². The van der Waals surface area contributed by atoms with Gasteiger partial charge in [0.1, 0.15) is 5.03 Å². The average molecular weight is 348 g/mol. The summed E-state index contributed by atoms with van der Waals surface area (Å²) in [6.45, 7) is 4.04. The second-order valence-corrected chi connectivity index (χ2v) is 6.94. The first-order valence-electron chi connectivity index (χ1n) is 8.19. The first-order chi connectivity index (χ1) is 12.1. The molecule has 1 unspecified atom stereocenters. The summed E-state index contributed by atoms with van der Waals surface area (Å²) in [7, 11) is 0. The quantitative estimate of drug-likeness (QED) is 0.703. The maximum absolute atomic E-state index is 12.7. The number of nitrogens with zero attached hydrogens (tertiary/aromatic N) is 1. The lowest BCUT2D eigenvalue weighted by atomic mass is 10.1. The third-order valence-corrected chi connectivity index (χ3v) is 4.93. The van der Waals surface area contributed by atoms with Gasteiger partial charge in [-0.1, -0.05) is 59.8 Å². The average Bonchev–Trinajstić information content (AvgIpc) is 2.64. The Kier molecular flexibility index (Phi) is 5.51. The van der Waals surface area contributed by atoms with Gasteiger partial charge in [0.25, 0.3) is 5.91 Å². The minimum Gasteiger partial charge on any atom is -0.345 e. The minimum absolute atomic E-state index is 0.0638. The molecule has 0 saturated heterocycles. The second-order valence-electron chi connectivity index (χ2n) is 5.88. The Balaban J connectivity index is 1.77. The highest BCUT2D eigenvalue weighted by Gasteiger charge is 2.16. The lowest BCUT2D eigenvalue weighted by Gasteiger charge is -2.15. The van der Waals surface area contributed by atoms with Crippen molar-refractivity contribution < 1.29 is 4.79 Å². The van der Waals surface area contributed by atoms with E-state index in [4.69, 9.17) is 0 Å². The van der Waals surface area contributed by atoms with Crippen LogP contribution in [0.15, 0.2) is 82.8 Å². The molecule has 0 aliphatic heterocycles. The van der Waals surface area contributed by atoms with Crippen molar-refractivity contribution in [2.75, 3.05) is 0 Å². The maximum atomic E-state index is 12.7. The van der Waals surface area contributed by atoms with Crippen molar-refractivity contribution in [1.82, 2.24) is 10.3 Å². The highest BCUT2D eigenvalue weighted by Crippen LogP contribution is 2.29. The topological polar surface area (TPSA) is 42.0 Å². The van der Waals surface area contributed by atoms with Crippen LogP contribution in [-0.2, 0) is 0 Å². The molecule has 3 aromatic rings. The molecule has 2 aromatic carbocycles. The Morgan fingerprint density at radius 1 is 1.00 bits per heavy atom. The van der Waals surface area contributed by atoms with E-state index in [2.05, 4.69) is 29.4 Å². The Morgan fingerprint density at radius 3 is 2.44 bits per heavy atom. The van der Waals surface area contributed by atoms with E-state index in [-0.39, 0.29) is 11.9 Å². The maximum Gasteiger partial charge on any atom is 0.254 e. The zero-order chi connectivity index (χ0) is 17.6. The highest BCUT2D eigenvalue weighted by molar-refractivity contribution is 7.99. The van der Waals surface area contributed by atoms with Gasteiger partial charge in [0, 0.05) is 11.1 Å². The molecule has 1 amide bonds. The molecule has 3 nitrogen and oxygen atoms in total. The number of nitrogens with one attached hydrogen (secondary N) is 1. The van der Waals surface area contributed by atoms with Crippen molar-refractivity contribution >= 4 is 17.7 Å². The number of benzene rings is 2. The Bertz CT molecular complexity index is 847. The fourth-order valence-corrected chi connectivity index (χ4v) is 3.34. The van der Waals surface area contributed by atoms with Gasteiger partial charge in [0.2, 0.25) is 0 Å². The Hall–Kier alpha value is -2.59. The molecule has 0 saturated carbocycles. The number of hydrogen-bond donors (Lipinski definition) is 1. The number of aromatic nitrogens is 1. The number of rotatable bonds is 5. The normalized spacial score (nSPS) is 11.8. The summed E-state index contributed by atoms with van der Waals surface area (Å²) < 4.78 is 0. The molecule has 0 fully saturated rings. The van der Waals surface area contributed by atoms with E-state index < -0.39 is 0 Å². The molecule has 4 heteroatoms. The standard InChI is InChI=1S/C21H20N2OS/c1-15-10-12-18(13-11-15)25-21-19(9-6-14-22-21)20(24)23-16(2)17-7-4-3-5-8-17/h3-14,16H,1-2H3,(H,23,24). The first kappa shape index (κ1) is 17.2. The van der Waals surface area contributed by atoms with Crippen LogP contribution in [0.25, 0.3) is 0 Å². The number of carbonyl (C=O) groups excluding carboxylic acids is 1. The van der Waals surface area contributed by atoms with Gasteiger partial charge in [-0.25, -0.2) is 4.98 Å². The number of aryl methyl sites for hydroxylation is 1. The fourth-order valence-electron chi connectivity index (χ4n) is 2.46. The van der Waals surface area contributed by atoms with E-state index in [1.54, 1.807) is 12.3 Å². The summed E-state index contributed by atoms with van der Waals surface area (Å²) in [5.41, 5.74) is 2.88. The van der Waals surface area contributed by atoms with Crippen LogP contribution in [0.2, 0.25) is 0 Å². The summed E-state index contributed by atoms with van der Waals surface area (Å²) in [4.78, 5) is 18.2. The van der Waals surface area contributed by atoms with E-state index >= 15 is 0 Å². The molecule has 0 radical (unpaired) electrons. The molecular weight excluding hydrogens is 328 g/mol. The smallest absolute Gasteiger partial charge is 0.254 e. The van der Waals surface area contributed by atoms with E-state index in [1.165, 1.54) is 17.3 Å². The molecule has 1 aromatic heterocycles. The van der Waals surface area contributed by atoms with E-state index in [0.29, 0.717) is 10.6 Å². The third-order valence-electron chi connectivity index (χ3n) is 3.90. The van der Waals surface area contributed by atoms with Gasteiger partial charge in [-0.3, -0.25) is 4.79 Å². The molecule has 1 heterocycles. The number of amides is 1. The van der Waals surface area contributed by atoms with E-state index in [0.717, 1.165) is 10.5 Å². The van der Waals surface area contributed by atoms with Crippen LogP contribution in [-0.4, -0.2) is 10.9 Å². The molecule has 126 valence electrons. The molecule has 0 spiro atoms. The van der Waals surface area contributed by atoms with Crippen LogP contribution in [0.5, 0.6) is 0 Å². The van der Waals surface area contributed by atoms with Crippen molar-refractivity contribution in [1.29, 1.82) is 0 Å². The lowest BCUT2D eigenvalue weighted by Crippen LogP contribution is -2.27. The van der Waals surface area contributed by atoms with Gasteiger partial charge in [-0.05, 0) is 43.7 Å². The van der Waals surface area contributed by atoms with Crippen LogP contribution in [0.3, 0.4) is 0 Å². The molecule has 3 rings (SSSR count). The van der Waals surface area contributed by atoms with Crippen molar-refractivity contribution in [2.24, 2.45) is 0 Å². The van der Waals surface area contributed by atoms with Crippen molar-refractivity contribution in [3.63, 3.8) is 0 Å². The predicted octanol–water partition coefficient (Wildman–Crippen LogP) is 5.03. The first-order valence-corrected chi connectivity index (χ1v) is 9.00. The van der Waals surface area contributed by atoms with Crippen molar-refractivity contribution in [3.8, 4) is 0 Å². The van der Waals surface area contributed by atoms with Crippen molar-refractivity contribution in [3.05, 3.63) is 89.6 Å². The zero-order valence-electron chi connectivity index (χ0n) is 14.3. The van der Waals surface area contributed by atoms with Crippen molar-refractivity contribution in [2.45, 2.75) is 29.8 Å². The summed E-state index contributed by atoms with van der Waals surface area (Å²) in [5, 5.41) is 3.77. The monoisotopic (exact) mass is 348 g/mol. The van der Waals surface area contributed by atoms with Gasteiger partial charge < -0.3 is 5.32 Å².